The monoisotopic (exact) mass is 313 g/mol. The van der Waals surface area contributed by atoms with Crippen LogP contribution in [0, 0.1) is 0 Å². The molecule has 0 amide bonds. The van der Waals surface area contributed by atoms with Crippen molar-refractivity contribution in [1.29, 1.82) is 0 Å². The van der Waals surface area contributed by atoms with Gasteiger partial charge in [0.15, 0.2) is 0 Å². The number of carbonyl (C=O) groups is 1. The molecule has 1 aromatic heterocycles. The van der Waals surface area contributed by atoms with E-state index >= 15 is 0 Å². The number of hydrogen-bond acceptors (Lipinski definition) is 2. The number of pyridine rings is 1. The Morgan fingerprint density at radius 1 is 1.62 bits per heavy atom. The largest absolute Gasteiger partial charge is 0.481 e. The average molecular weight is 315 g/mol. The van der Waals surface area contributed by atoms with Gasteiger partial charge in [0, 0.05) is 15.9 Å². The van der Waals surface area contributed by atoms with Crippen molar-refractivity contribution in [1.82, 2.24) is 4.98 Å². The van der Waals surface area contributed by atoms with Crippen molar-refractivity contribution in [2.75, 3.05) is 0 Å². The van der Waals surface area contributed by atoms with Crippen LogP contribution in [0.2, 0.25) is 5.02 Å². The molecule has 0 aliphatic carbocycles. The molecular formula is C9H7BrClF2NO2. The van der Waals surface area contributed by atoms with Crippen molar-refractivity contribution in [2.45, 2.75) is 18.2 Å². The zero-order valence-corrected chi connectivity index (χ0v) is 10.2. The van der Waals surface area contributed by atoms with Gasteiger partial charge in [-0.1, -0.05) is 27.5 Å². The van der Waals surface area contributed by atoms with Crippen molar-refractivity contribution in [3.63, 3.8) is 0 Å². The first-order valence-electron chi connectivity index (χ1n) is 4.19. The Hall–Kier alpha value is -0.750. The number of hydrogen-bond donors (Lipinski definition) is 1. The first-order chi connectivity index (χ1) is 7.45. The molecule has 88 valence electrons. The molecule has 3 nitrogen and oxygen atoms in total. The molecule has 0 radical (unpaired) electrons. The number of alkyl halides is 3. The van der Waals surface area contributed by atoms with Crippen molar-refractivity contribution in [3.05, 3.63) is 28.0 Å². The maximum atomic E-state index is 12.4. The van der Waals surface area contributed by atoms with Crippen molar-refractivity contribution in [2.24, 2.45) is 0 Å². The summed E-state index contributed by atoms with van der Waals surface area (Å²) in [5.74, 6) is -1.09. The van der Waals surface area contributed by atoms with E-state index in [-0.39, 0.29) is 28.0 Å². The van der Waals surface area contributed by atoms with Crippen LogP contribution in [0.5, 0.6) is 0 Å². The summed E-state index contributed by atoms with van der Waals surface area (Å²) >= 11 is 8.80. The summed E-state index contributed by atoms with van der Waals surface area (Å²) in [5, 5.41) is 8.82. The van der Waals surface area contributed by atoms with Crippen LogP contribution in [-0.4, -0.2) is 16.1 Å². The highest BCUT2D eigenvalue weighted by Crippen LogP contribution is 2.27. The third kappa shape index (κ3) is 3.12. The van der Waals surface area contributed by atoms with Crippen molar-refractivity contribution < 1.29 is 18.7 Å². The maximum absolute atomic E-state index is 12.4. The summed E-state index contributed by atoms with van der Waals surface area (Å²) in [6.45, 7) is 0. The predicted octanol–water partition coefficient (Wildman–Crippen LogP) is 3.19. The van der Waals surface area contributed by atoms with Crippen LogP contribution in [0.15, 0.2) is 6.07 Å². The van der Waals surface area contributed by atoms with Gasteiger partial charge >= 0.3 is 5.97 Å². The van der Waals surface area contributed by atoms with Crippen molar-refractivity contribution >= 4 is 33.5 Å². The lowest BCUT2D eigenvalue weighted by molar-refractivity contribution is -0.136. The number of nitrogens with zero attached hydrogens (tertiary/aromatic N) is 1. The quantitative estimate of drug-likeness (QED) is 0.868. The summed E-state index contributed by atoms with van der Waals surface area (Å²) < 4.78 is 24.8. The third-order valence-corrected chi connectivity index (χ3v) is 2.72. The lowest BCUT2D eigenvalue weighted by atomic mass is 10.1. The van der Waals surface area contributed by atoms with Gasteiger partial charge in [-0.25, -0.2) is 8.78 Å². The first-order valence-corrected chi connectivity index (χ1v) is 5.69. The number of rotatable bonds is 4. The molecule has 0 saturated carbocycles. The second kappa shape index (κ2) is 5.54. The highest BCUT2D eigenvalue weighted by Gasteiger charge is 2.17. The molecule has 0 saturated heterocycles. The number of carboxylic acid groups (broad SMARTS) is 1. The van der Waals surface area contributed by atoms with Gasteiger partial charge in [-0.3, -0.25) is 9.78 Å². The minimum atomic E-state index is -2.73. The molecule has 1 aromatic rings. The fourth-order valence-corrected chi connectivity index (χ4v) is 1.92. The molecule has 0 fully saturated rings. The Balaban J connectivity index is 3.22. The minimum absolute atomic E-state index is 0.00199. The van der Waals surface area contributed by atoms with E-state index in [1.165, 1.54) is 0 Å². The Morgan fingerprint density at radius 3 is 2.69 bits per heavy atom. The Kier molecular flexibility index (Phi) is 4.61. The smallest absolute Gasteiger partial charge is 0.307 e. The van der Waals surface area contributed by atoms with Gasteiger partial charge in [-0.2, -0.15) is 0 Å². The number of carboxylic acids is 1. The summed E-state index contributed by atoms with van der Waals surface area (Å²) in [7, 11) is 0. The van der Waals surface area contributed by atoms with Crippen LogP contribution in [0.4, 0.5) is 8.78 Å². The SMILES string of the molecule is O=C(O)Cc1c(Cl)cc(C(F)F)nc1CBr. The molecule has 16 heavy (non-hydrogen) atoms. The van der Waals surface area contributed by atoms with Crippen LogP contribution >= 0.6 is 27.5 Å². The van der Waals surface area contributed by atoms with Gasteiger partial charge in [-0.05, 0) is 6.07 Å². The molecule has 0 aromatic carbocycles. The molecule has 0 unspecified atom stereocenters. The molecule has 7 heteroatoms. The number of halogens is 4. The lowest BCUT2D eigenvalue weighted by Gasteiger charge is -2.09. The lowest BCUT2D eigenvalue weighted by Crippen LogP contribution is -2.07. The van der Waals surface area contributed by atoms with E-state index in [1.807, 2.05) is 0 Å². The van der Waals surface area contributed by atoms with Crippen molar-refractivity contribution in [3.8, 4) is 0 Å². The van der Waals surface area contributed by atoms with Gasteiger partial charge < -0.3 is 5.11 Å². The molecule has 0 atom stereocenters. The van der Waals surface area contributed by atoms with E-state index in [0.29, 0.717) is 0 Å². The van der Waals surface area contributed by atoms with E-state index in [2.05, 4.69) is 20.9 Å². The third-order valence-electron chi connectivity index (χ3n) is 1.85. The number of aromatic nitrogens is 1. The summed E-state index contributed by atoms with van der Waals surface area (Å²) in [4.78, 5) is 14.2. The zero-order chi connectivity index (χ0) is 12.3. The van der Waals surface area contributed by atoms with Crippen LogP contribution in [0.1, 0.15) is 23.4 Å². The molecule has 0 aliphatic heterocycles. The number of aliphatic carboxylic acids is 1. The minimum Gasteiger partial charge on any atom is -0.481 e. The van der Waals surface area contributed by atoms with Gasteiger partial charge in [0.1, 0.15) is 5.69 Å². The maximum Gasteiger partial charge on any atom is 0.307 e. The summed E-state index contributed by atoms with van der Waals surface area (Å²) in [6, 6.07) is 0.997. The fourth-order valence-electron chi connectivity index (χ4n) is 1.17. The molecular weight excluding hydrogens is 307 g/mol. The molecule has 1 rings (SSSR count). The Labute approximate surface area is 104 Å². The van der Waals surface area contributed by atoms with Gasteiger partial charge in [0.25, 0.3) is 6.43 Å². The van der Waals surface area contributed by atoms with Crippen LogP contribution in [0.25, 0.3) is 0 Å². The molecule has 1 N–H and O–H groups in total. The van der Waals surface area contributed by atoms with E-state index in [9.17, 15) is 13.6 Å². The summed E-state index contributed by atoms with van der Waals surface area (Å²) in [6.07, 6.45) is -3.06. The van der Waals surface area contributed by atoms with Gasteiger partial charge in [0.05, 0.1) is 12.1 Å². The second-order valence-corrected chi connectivity index (χ2v) is 3.93. The van der Waals surface area contributed by atoms with E-state index in [0.717, 1.165) is 6.07 Å². The fraction of sp³-hybridized carbons (Fsp3) is 0.333. The first kappa shape index (κ1) is 13.3. The second-order valence-electron chi connectivity index (χ2n) is 2.96. The Bertz CT molecular complexity index is 415. The van der Waals surface area contributed by atoms with E-state index in [1.54, 1.807) is 0 Å². The van der Waals surface area contributed by atoms with Crippen LogP contribution in [-0.2, 0) is 16.5 Å². The molecule has 0 bridgehead atoms. The van der Waals surface area contributed by atoms with Crippen LogP contribution < -0.4 is 0 Å². The summed E-state index contributed by atoms with van der Waals surface area (Å²) in [5.41, 5.74) is 0.0363. The highest BCUT2D eigenvalue weighted by molar-refractivity contribution is 9.08. The van der Waals surface area contributed by atoms with Gasteiger partial charge in [0.2, 0.25) is 0 Å². The highest BCUT2D eigenvalue weighted by atomic mass is 79.9. The van der Waals surface area contributed by atoms with Gasteiger partial charge in [-0.15, -0.1) is 0 Å². The molecule has 0 aliphatic rings. The predicted molar refractivity (Wildman–Crippen MR) is 58.2 cm³/mol. The Morgan fingerprint density at radius 2 is 2.25 bits per heavy atom. The normalized spacial score (nSPS) is 10.8. The van der Waals surface area contributed by atoms with E-state index < -0.39 is 18.1 Å². The topological polar surface area (TPSA) is 50.2 Å². The zero-order valence-electron chi connectivity index (χ0n) is 7.88. The standard InChI is InChI=1S/C9H7BrClF2NO2/c10-3-7-4(1-8(15)16)5(11)2-6(14-7)9(12)13/h2,9H,1,3H2,(H,15,16). The van der Waals surface area contributed by atoms with Crippen LogP contribution in [0.3, 0.4) is 0 Å². The van der Waals surface area contributed by atoms with E-state index in [4.69, 9.17) is 16.7 Å². The molecule has 1 heterocycles. The average Bonchev–Trinajstić information content (AvgIpc) is 2.19. The molecule has 0 spiro atoms.